The van der Waals surface area contributed by atoms with Gasteiger partial charge in [-0.05, 0) is 6.92 Å². The van der Waals surface area contributed by atoms with Crippen LogP contribution < -0.4 is 11.1 Å². The molecule has 1 aromatic heterocycles. The first-order chi connectivity index (χ1) is 7.54. The highest BCUT2D eigenvalue weighted by molar-refractivity contribution is 5.94. The smallest absolute Gasteiger partial charge is 0.325 e. The van der Waals surface area contributed by atoms with Gasteiger partial charge in [-0.1, -0.05) is 0 Å². The molecule has 1 heterocycles. The second kappa shape index (κ2) is 5.26. The molecule has 1 amide bonds. The van der Waals surface area contributed by atoms with E-state index in [9.17, 15) is 9.59 Å². The zero-order valence-corrected chi connectivity index (χ0v) is 8.88. The van der Waals surface area contributed by atoms with Crippen LogP contribution in [0.25, 0.3) is 0 Å². The molecule has 0 aliphatic carbocycles. The molecule has 88 valence electrons. The number of amides is 1. The molecule has 0 radical (unpaired) electrons. The third-order valence-corrected chi connectivity index (χ3v) is 1.97. The number of rotatable bonds is 5. The largest absolute Gasteiger partial charge is 0.480 e. The SMILES string of the molecule is C[C@@H](NC(=O)c1cn(CCN)cn1)C(=O)O. The van der Waals surface area contributed by atoms with Gasteiger partial charge in [0.05, 0.1) is 6.33 Å². The molecule has 0 aliphatic heterocycles. The Morgan fingerprint density at radius 1 is 1.69 bits per heavy atom. The Morgan fingerprint density at radius 2 is 2.38 bits per heavy atom. The molecule has 0 unspecified atom stereocenters. The fourth-order valence-corrected chi connectivity index (χ4v) is 1.08. The lowest BCUT2D eigenvalue weighted by Crippen LogP contribution is -2.38. The van der Waals surface area contributed by atoms with E-state index in [0.29, 0.717) is 13.1 Å². The van der Waals surface area contributed by atoms with Gasteiger partial charge in [-0.15, -0.1) is 0 Å². The lowest BCUT2D eigenvalue weighted by atomic mass is 10.3. The van der Waals surface area contributed by atoms with Gasteiger partial charge in [-0.2, -0.15) is 0 Å². The summed E-state index contributed by atoms with van der Waals surface area (Å²) in [6.07, 6.45) is 3.00. The number of nitrogens with two attached hydrogens (primary N) is 1. The van der Waals surface area contributed by atoms with Crippen LogP contribution in [-0.2, 0) is 11.3 Å². The Balaban J connectivity index is 2.62. The summed E-state index contributed by atoms with van der Waals surface area (Å²) in [5, 5.41) is 10.9. The number of carboxylic acids is 1. The van der Waals surface area contributed by atoms with Crippen LogP contribution in [0.4, 0.5) is 0 Å². The summed E-state index contributed by atoms with van der Waals surface area (Å²) in [6.45, 7) is 2.40. The van der Waals surface area contributed by atoms with Crippen molar-refractivity contribution in [3.8, 4) is 0 Å². The van der Waals surface area contributed by atoms with Crippen LogP contribution >= 0.6 is 0 Å². The summed E-state index contributed by atoms with van der Waals surface area (Å²) in [7, 11) is 0. The minimum atomic E-state index is -1.09. The van der Waals surface area contributed by atoms with Crippen LogP contribution in [0.2, 0.25) is 0 Å². The van der Waals surface area contributed by atoms with Crippen LogP contribution in [0.3, 0.4) is 0 Å². The molecular weight excluding hydrogens is 212 g/mol. The van der Waals surface area contributed by atoms with Crippen molar-refractivity contribution >= 4 is 11.9 Å². The molecule has 0 saturated carbocycles. The highest BCUT2D eigenvalue weighted by atomic mass is 16.4. The number of hydrogen-bond acceptors (Lipinski definition) is 4. The topological polar surface area (TPSA) is 110 Å². The first-order valence-corrected chi connectivity index (χ1v) is 4.80. The number of carboxylic acid groups (broad SMARTS) is 1. The van der Waals surface area contributed by atoms with Gasteiger partial charge in [0.25, 0.3) is 5.91 Å². The van der Waals surface area contributed by atoms with Crippen molar-refractivity contribution in [1.82, 2.24) is 14.9 Å². The number of aliphatic carboxylic acids is 1. The first kappa shape index (κ1) is 12.2. The third-order valence-electron chi connectivity index (χ3n) is 1.97. The maximum atomic E-state index is 11.5. The van der Waals surface area contributed by atoms with Gasteiger partial charge < -0.3 is 20.7 Å². The molecule has 7 heteroatoms. The van der Waals surface area contributed by atoms with Crippen LogP contribution in [0, 0.1) is 0 Å². The van der Waals surface area contributed by atoms with E-state index in [4.69, 9.17) is 10.8 Å². The van der Waals surface area contributed by atoms with Gasteiger partial charge in [-0.3, -0.25) is 9.59 Å². The number of nitrogens with one attached hydrogen (secondary N) is 1. The maximum absolute atomic E-state index is 11.5. The Kier molecular flexibility index (Phi) is 4.01. The lowest BCUT2D eigenvalue weighted by molar-refractivity contribution is -0.138. The second-order valence-corrected chi connectivity index (χ2v) is 3.32. The van der Waals surface area contributed by atoms with E-state index < -0.39 is 17.9 Å². The van der Waals surface area contributed by atoms with Crippen LogP contribution in [0.1, 0.15) is 17.4 Å². The van der Waals surface area contributed by atoms with E-state index >= 15 is 0 Å². The molecule has 0 aromatic carbocycles. The quantitative estimate of drug-likeness (QED) is 0.599. The summed E-state index contributed by atoms with van der Waals surface area (Å²) in [5.41, 5.74) is 5.52. The van der Waals surface area contributed by atoms with Crippen molar-refractivity contribution in [3.05, 3.63) is 18.2 Å². The molecule has 16 heavy (non-hydrogen) atoms. The van der Waals surface area contributed by atoms with Crippen LogP contribution in [0.15, 0.2) is 12.5 Å². The molecule has 1 atom stereocenters. The molecule has 7 nitrogen and oxygen atoms in total. The molecule has 0 bridgehead atoms. The van der Waals surface area contributed by atoms with E-state index in [1.54, 1.807) is 4.57 Å². The van der Waals surface area contributed by atoms with Crippen molar-refractivity contribution in [3.63, 3.8) is 0 Å². The molecule has 1 aromatic rings. The number of carbonyl (C=O) groups excluding carboxylic acids is 1. The Morgan fingerprint density at radius 3 is 2.94 bits per heavy atom. The Labute approximate surface area is 92.3 Å². The number of carbonyl (C=O) groups is 2. The van der Waals surface area contributed by atoms with Crippen molar-refractivity contribution in [2.24, 2.45) is 5.73 Å². The molecule has 0 saturated heterocycles. The fourth-order valence-electron chi connectivity index (χ4n) is 1.08. The second-order valence-electron chi connectivity index (χ2n) is 3.32. The van der Waals surface area contributed by atoms with E-state index in [2.05, 4.69) is 10.3 Å². The minimum absolute atomic E-state index is 0.182. The van der Waals surface area contributed by atoms with Crippen molar-refractivity contribution < 1.29 is 14.7 Å². The van der Waals surface area contributed by atoms with Crippen LogP contribution in [-0.4, -0.2) is 39.1 Å². The van der Waals surface area contributed by atoms with Gasteiger partial charge in [0.1, 0.15) is 11.7 Å². The highest BCUT2D eigenvalue weighted by Gasteiger charge is 2.16. The predicted molar refractivity (Wildman–Crippen MR) is 55.8 cm³/mol. The van der Waals surface area contributed by atoms with E-state index in [0.717, 1.165) is 0 Å². The summed E-state index contributed by atoms with van der Waals surface area (Å²) in [5.74, 6) is -1.60. The van der Waals surface area contributed by atoms with Gasteiger partial charge in [0, 0.05) is 19.3 Å². The number of imidazole rings is 1. The number of nitrogens with zero attached hydrogens (tertiary/aromatic N) is 2. The maximum Gasteiger partial charge on any atom is 0.325 e. The van der Waals surface area contributed by atoms with Crippen molar-refractivity contribution in [2.45, 2.75) is 19.5 Å². The van der Waals surface area contributed by atoms with Gasteiger partial charge >= 0.3 is 5.97 Å². The monoisotopic (exact) mass is 226 g/mol. The Hall–Kier alpha value is -1.89. The number of hydrogen-bond donors (Lipinski definition) is 3. The Bertz CT molecular complexity index is 388. The molecule has 0 spiro atoms. The highest BCUT2D eigenvalue weighted by Crippen LogP contribution is 1.96. The lowest BCUT2D eigenvalue weighted by Gasteiger charge is -2.06. The summed E-state index contributed by atoms with van der Waals surface area (Å²) < 4.78 is 1.67. The predicted octanol–water partition coefficient (Wildman–Crippen LogP) is -0.955. The summed E-state index contributed by atoms with van der Waals surface area (Å²) >= 11 is 0. The molecule has 0 fully saturated rings. The third kappa shape index (κ3) is 3.06. The molecular formula is C9H14N4O3. The van der Waals surface area contributed by atoms with E-state index in [-0.39, 0.29) is 5.69 Å². The standard InChI is InChI=1S/C9H14N4O3/c1-6(9(15)16)12-8(14)7-4-13(3-2-10)5-11-7/h4-6H,2-3,10H2,1H3,(H,12,14)(H,15,16)/t6-/m1/s1. The molecule has 1 rings (SSSR count). The van der Waals surface area contributed by atoms with Gasteiger partial charge in [-0.25, -0.2) is 4.98 Å². The van der Waals surface area contributed by atoms with Crippen molar-refractivity contribution in [2.75, 3.05) is 6.54 Å². The average Bonchev–Trinajstić information content (AvgIpc) is 2.66. The summed E-state index contributed by atoms with van der Waals surface area (Å²) in [6, 6.07) is -0.938. The number of aromatic nitrogens is 2. The summed E-state index contributed by atoms with van der Waals surface area (Å²) in [4.78, 5) is 25.9. The molecule has 0 aliphatic rings. The van der Waals surface area contributed by atoms with Gasteiger partial charge in [0.2, 0.25) is 0 Å². The average molecular weight is 226 g/mol. The minimum Gasteiger partial charge on any atom is -0.480 e. The van der Waals surface area contributed by atoms with Crippen LogP contribution in [0.5, 0.6) is 0 Å². The normalized spacial score (nSPS) is 12.1. The first-order valence-electron chi connectivity index (χ1n) is 4.80. The van der Waals surface area contributed by atoms with E-state index in [1.807, 2.05) is 0 Å². The van der Waals surface area contributed by atoms with Crippen molar-refractivity contribution in [1.29, 1.82) is 0 Å². The zero-order chi connectivity index (χ0) is 12.1. The van der Waals surface area contributed by atoms with E-state index in [1.165, 1.54) is 19.4 Å². The molecule has 4 N–H and O–H groups in total. The zero-order valence-electron chi connectivity index (χ0n) is 8.88. The fraction of sp³-hybridized carbons (Fsp3) is 0.444. The van der Waals surface area contributed by atoms with Gasteiger partial charge in [0.15, 0.2) is 0 Å².